The second-order valence-electron chi connectivity index (χ2n) is 4.56. The van der Waals surface area contributed by atoms with Crippen LogP contribution in [0.1, 0.15) is 24.8 Å². The van der Waals surface area contributed by atoms with E-state index in [4.69, 9.17) is 5.73 Å². The first-order valence-electron chi connectivity index (χ1n) is 5.74. The van der Waals surface area contributed by atoms with Crippen molar-refractivity contribution < 1.29 is 0 Å². The minimum absolute atomic E-state index is 0.342. The Morgan fingerprint density at radius 3 is 2.60 bits per heavy atom. The Balaban J connectivity index is 2.20. The van der Waals surface area contributed by atoms with Gasteiger partial charge < -0.3 is 10.6 Å². The van der Waals surface area contributed by atoms with Crippen LogP contribution in [0.15, 0.2) is 24.3 Å². The van der Waals surface area contributed by atoms with Crippen LogP contribution in [0.2, 0.25) is 0 Å². The number of hydrogen-bond donors (Lipinski definition) is 1. The predicted octanol–water partition coefficient (Wildman–Crippen LogP) is 2.31. The minimum atomic E-state index is 0.342. The van der Waals surface area contributed by atoms with Crippen molar-refractivity contribution in [2.45, 2.75) is 38.3 Å². The first kappa shape index (κ1) is 10.5. The lowest BCUT2D eigenvalue weighted by Crippen LogP contribution is -2.42. The molecule has 0 heterocycles. The van der Waals surface area contributed by atoms with Gasteiger partial charge in [-0.2, -0.15) is 0 Å². The zero-order chi connectivity index (χ0) is 10.8. The lowest BCUT2D eigenvalue weighted by atomic mass is 10.1. The van der Waals surface area contributed by atoms with E-state index < -0.39 is 0 Å². The second kappa shape index (κ2) is 4.23. The Hall–Kier alpha value is -1.02. The van der Waals surface area contributed by atoms with E-state index in [1.807, 2.05) is 0 Å². The Kier molecular flexibility index (Phi) is 2.96. The van der Waals surface area contributed by atoms with Crippen LogP contribution in [0.4, 0.5) is 5.69 Å². The number of anilines is 1. The summed E-state index contributed by atoms with van der Waals surface area (Å²) < 4.78 is 0. The number of hydrogen-bond acceptors (Lipinski definition) is 2. The van der Waals surface area contributed by atoms with Gasteiger partial charge in [0.05, 0.1) is 0 Å². The van der Waals surface area contributed by atoms with E-state index in [-0.39, 0.29) is 0 Å². The summed E-state index contributed by atoms with van der Waals surface area (Å²) >= 11 is 0. The fraction of sp³-hybridized carbons (Fsp3) is 0.538. The maximum Gasteiger partial charge on any atom is 0.0437 e. The zero-order valence-corrected chi connectivity index (χ0v) is 9.61. The first-order valence-corrected chi connectivity index (χ1v) is 5.74. The van der Waals surface area contributed by atoms with E-state index in [2.05, 4.69) is 43.1 Å². The molecular formula is C13H20N2. The van der Waals surface area contributed by atoms with Crippen LogP contribution in [-0.2, 0) is 0 Å². The molecule has 1 aliphatic rings. The molecule has 0 spiro atoms. The molecule has 0 aromatic heterocycles. The molecule has 2 unspecified atom stereocenters. The molecule has 2 atom stereocenters. The highest BCUT2D eigenvalue weighted by atomic mass is 15.2. The number of aryl methyl sites for hydroxylation is 1. The zero-order valence-electron chi connectivity index (χ0n) is 9.61. The summed E-state index contributed by atoms with van der Waals surface area (Å²) in [6.07, 6.45) is 3.66. The Bertz CT molecular complexity index is 335. The molecule has 1 aromatic rings. The highest BCUT2D eigenvalue weighted by molar-refractivity contribution is 5.53. The third-order valence-corrected chi connectivity index (χ3v) is 3.52. The molecule has 2 heteroatoms. The van der Waals surface area contributed by atoms with Crippen molar-refractivity contribution in [3.63, 3.8) is 0 Å². The average Bonchev–Trinajstić information content (AvgIpc) is 2.64. The molecular weight excluding hydrogens is 184 g/mol. The normalized spacial score (nSPS) is 25.5. The van der Waals surface area contributed by atoms with Crippen LogP contribution in [-0.4, -0.2) is 19.1 Å². The number of likely N-dealkylation sites (N-methyl/N-ethyl adjacent to an activating group) is 1. The van der Waals surface area contributed by atoms with Gasteiger partial charge >= 0.3 is 0 Å². The molecule has 0 amide bonds. The summed E-state index contributed by atoms with van der Waals surface area (Å²) in [5, 5.41) is 0. The van der Waals surface area contributed by atoms with Crippen molar-refractivity contribution in [1.29, 1.82) is 0 Å². The highest BCUT2D eigenvalue weighted by Crippen LogP contribution is 2.28. The molecule has 0 bridgehead atoms. The molecule has 0 radical (unpaired) electrons. The van der Waals surface area contributed by atoms with Crippen molar-refractivity contribution in [3.8, 4) is 0 Å². The Labute approximate surface area is 92.1 Å². The lowest BCUT2D eigenvalue weighted by molar-refractivity contribution is 0.572. The van der Waals surface area contributed by atoms with Crippen LogP contribution in [0.5, 0.6) is 0 Å². The van der Waals surface area contributed by atoms with Crippen LogP contribution in [0, 0.1) is 6.92 Å². The smallest absolute Gasteiger partial charge is 0.0437 e. The third-order valence-electron chi connectivity index (χ3n) is 3.52. The summed E-state index contributed by atoms with van der Waals surface area (Å²) in [7, 11) is 2.16. The van der Waals surface area contributed by atoms with E-state index >= 15 is 0 Å². The molecule has 1 fully saturated rings. The van der Waals surface area contributed by atoms with Crippen molar-refractivity contribution in [1.82, 2.24) is 0 Å². The topological polar surface area (TPSA) is 29.3 Å². The van der Waals surface area contributed by atoms with Crippen molar-refractivity contribution in [3.05, 3.63) is 29.8 Å². The molecule has 1 saturated carbocycles. The number of benzene rings is 1. The van der Waals surface area contributed by atoms with E-state index in [0.29, 0.717) is 12.1 Å². The quantitative estimate of drug-likeness (QED) is 0.801. The molecule has 0 saturated heterocycles. The minimum Gasteiger partial charge on any atom is -0.370 e. The van der Waals surface area contributed by atoms with E-state index in [9.17, 15) is 0 Å². The van der Waals surface area contributed by atoms with Crippen LogP contribution >= 0.6 is 0 Å². The Morgan fingerprint density at radius 1 is 1.27 bits per heavy atom. The maximum atomic E-state index is 6.13. The largest absolute Gasteiger partial charge is 0.370 e. The van der Waals surface area contributed by atoms with Gasteiger partial charge in [0.2, 0.25) is 0 Å². The van der Waals surface area contributed by atoms with E-state index in [0.717, 1.165) is 0 Å². The van der Waals surface area contributed by atoms with Gasteiger partial charge in [0.25, 0.3) is 0 Å². The molecule has 82 valence electrons. The number of rotatable bonds is 2. The SMILES string of the molecule is Cc1ccccc1N(C)C1CCCC1N. The summed E-state index contributed by atoms with van der Waals surface area (Å²) in [4.78, 5) is 2.35. The highest BCUT2D eigenvalue weighted by Gasteiger charge is 2.27. The molecule has 2 rings (SSSR count). The van der Waals surface area contributed by atoms with Crippen LogP contribution < -0.4 is 10.6 Å². The van der Waals surface area contributed by atoms with Crippen molar-refractivity contribution in [2.75, 3.05) is 11.9 Å². The monoisotopic (exact) mass is 204 g/mol. The standard InChI is InChI=1S/C13H20N2/c1-10-6-3-4-8-12(10)15(2)13-9-5-7-11(13)14/h3-4,6,8,11,13H,5,7,9,14H2,1-2H3. The molecule has 1 aromatic carbocycles. The van der Waals surface area contributed by atoms with E-state index in [1.165, 1.54) is 30.5 Å². The molecule has 1 aliphatic carbocycles. The van der Waals surface area contributed by atoms with Crippen molar-refractivity contribution >= 4 is 5.69 Å². The van der Waals surface area contributed by atoms with Gasteiger partial charge in [0.1, 0.15) is 0 Å². The summed E-state index contributed by atoms with van der Waals surface area (Å²) in [6.45, 7) is 2.16. The fourth-order valence-corrected chi connectivity index (χ4v) is 2.59. The fourth-order valence-electron chi connectivity index (χ4n) is 2.59. The molecule has 0 aliphatic heterocycles. The van der Waals surface area contributed by atoms with Gasteiger partial charge in [-0.3, -0.25) is 0 Å². The van der Waals surface area contributed by atoms with E-state index in [1.54, 1.807) is 0 Å². The summed E-state index contributed by atoms with van der Waals surface area (Å²) in [5.74, 6) is 0. The van der Waals surface area contributed by atoms with Gasteiger partial charge in [-0.05, 0) is 37.8 Å². The van der Waals surface area contributed by atoms with Crippen molar-refractivity contribution in [2.24, 2.45) is 5.73 Å². The van der Waals surface area contributed by atoms with Gasteiger partial charge in [-0.25, -0.2) is 0 Å². The van der Waals surface area contributed by atoms with Gasteiger partial charge in [0, 0.05) is 24.8 Å². The average molecular weight is 204 g/mol. The van der Waals surface area contributed by atoms with Gasteiger partial charge in [-0.15, -0.1) is 0 Å². The third kappa shape index (κ3) is 2.00. The predicted molar refractivity (Wildman–Crippen MR) is 65.2 cm³/mol. The summed E-state index contributed by atoms with van der Waals surface area (Å²) in [5.41, 5.74) is 8.78. The van der Waals surface area contributed by atoms with Crippen LogP contribution in [0.3, 0.4) is 0 Å². The van der Waals surface area contributed by atoms with Gasteiger partial charge in [0.15, 0.2) is 0 Å². The van der Waals surface area contributed by atoms with Crippen LogP contribution in [0.25, 0.3) is 0 Å². The Morgan fingerprint density at radius 2 is 2.00 bits per heavy atom. The summed E-state index contributed by atoms with van der Waals surface area (Å²) in [6, 6.07) is 9.38. The molecule has 2 nitrogen and oxygen atoms in total. The van der Waals surface area contributed by atoms with Gasteiger partial charge in [-0.1, -0.05) is 18.2 Å². The molecule has 2 N–H and O–H groups in total. The lowest BCUT2D eigenvalue weighted by Gasteiger charge is -2.31. The maximum absolute atomic E-state index is 6.13. The number of nitrogens with zero attached hydrogens (tertiary/aromatic N) is 1. The molecule has 15 heavy (non-hydrogen) atoms. The number of nitrogens with two attached hydrogens (primary N) is 1. The number of para-hydroxylation sites is 1. The second-order valence-corrected chi connectivity index (χ2v) is 4.56. The first-order chi connectivity index (χ1) is 7.20.